The van der Waals surface area contributed by atoms with Gasteiger partial charge in [0, 0.05) is 13.1 Å². The molecule has 2 aliphatic rings. The maximum Gasteiger partial charge on any atom is 0.245 e. The molecule has 1 N–H and O–H groups in total. The second-order valence-electron chi connectivity index (χ2n) is 7.22. The molecule has 1 saturated heterocycles. The Bertz CT molecular complexity index is 724. The van der Waals surface area contributed by atoms with E-state index in [-0.39, 0.29) is 18.3 Å². The highest BCUT2D eigenvalue weighted by Gasteiger charge is 2.28. The number of piperazine rings is 1. The number of anilines is 2. The molecule has 2 aromatic rings. The maximum atomic E-state index is 13.3. The average Bonchev–Trinajstić information content (AvgIpc) is 2.80. The Labute approximate surface area is 161 Å². The third kappa shape index (κ3) is 3.78. The Morgan fingerprint density at radius 2 is 1.42 bits per heavy atom. The van der Waals surface area contributed by atoms with Crippen LogP contribution < -0.4 is 22.2 Å². The fourth-order valence-electron chi connectivity index (χ4n) is 3.90. The van der Waals surface area contributed by atoms with Crippen molar-refractivity contribution in [2.24, 2.45) is 0 Å². The molecule has 0 saturated carbocycles. The molecular weight excluding hydrogens is 346 g/mol. The van der Waals surface area contributed by atoms with E-state index in [0.29, 0.717) is 6.54 Å². The minimum Gasteiger partial charge on any atom is -1.00 e. The van der Waals surface area contributed by atoms with Gasteiger partial charge in [-0.25, -0.2) is 0 Å². The van der Waals surface area contributed by atoms with Crippen molar-refractivity contribution in [1.29, 1.82) is 0 Å². The van der Waals surface area contributed by atoms with Crippen LogP contribution in [-0.4, -0.2) is 50.6 Å². The summed E-state index contributed by atoms with van der Waals surface area (Å²) in [6.07, 6.45) is 1.96. The van der Waals surface area contributed by atoms with Crippen molar-refractivity contribution >= 4 is 17.3 Å². The second kappa shape index (κ2) is 8.21. The van der Waals surface area contributed by atoms with Crippen LogP contribution >= 0.6 is 0 Å². The molecule has 2 aromatic carbocycles. The van der Waals surface area contributed by atoms with Gasteiger partial charge >= 0.3 is 0 Å². The van der Waals surface area contributed by atoms with Gasteiger partial charge in [0.2, 0.25) is 5.91 Å². The summed E-state index contributed by atoms with van der Waals surface area (Å²) in [6, 6.07) is 16.7. The van der Waals surface area contributed by atoms with E-state index in [1.165, 1.54) is 11.1 Å². The molecule has 0 radical (unpaired) electrons. The highest BCUT2D eigenvalue weighted by atomic mass is 35.5. The van der Waals surface area contributed by atoms with Gasteiger partial charge in [-0.1, -0.05) is 36.4 Å². The lowest BCUT2D eigenvalue weighted by Gasteiger charge is -2.32. The van der Waals surface area contributed by atoms with Crippen LogP contribution in [0.25, 0.3) is 0 Å². The van der Waals surface area contributed by atoms with Gasteiger partial charge < -0.3 is 17.3 Å². The number of hydrogen-bond donors (Lipinski definition) is 1. The molecule has 1 fully saturated rings. The normalized spacial score (nSPS) is 17.7. The SMILES string of the molecule is C[NH+]1CCN(CC(=O)N2c3ccccc3CCc3ccccc32)CC1.[Cl-]. The minimum absolute atomic E-state index is 0. The third-order valence-corrected chi connectivity index (χ3v) is 5.45. The second-order valence-corrected chi connectivity index (χ2v) is 7.22. The number of benzene rings is 2. The highest BCUT2D eigenvalue weighted by Crippen LogP contribution is 2.36. The van der Waals surface area contributed by atoms with Crippen LogP contribution in [0.4, 0.5) is 11.4 Å². The van der Waals surface area contributed by atoms with E-state index in [2.05, 4.69) is 48.3 Å². The number of rotatable bonds is 2. The summed E-state index contributed by atoms with van der Waals surface area (Å²) in [5.41, 5.74) is 4.62. The van der Waals surface area contributed by atoms with Gasteiger partial charge in [-0.05, 0) is 36.1 Å². The molecule has 0 aliphatic carbocycles. The first-order valence-electron chi connectivity index (χ1n) is 9.25. The average molecular weight is 372 g/mol. The number of para-hydroxylation sites is 2. The first-order valence-corrected chi connectivity index (χ1v) is 9.25. The highest BCUT2D eigenvalue weighted by molar-refractivity contribution is 6.03. The van der Waals surface area contributed by atoms with Gasteiger partial charge in [-0.3, -0.25) is 14.6 Å². The van der Waals surface area contributed by atoms with Crippen molar-refractivity contribution in [3.05, 3.63) is 59.7 Å². The van der Waals surface area contributed by atoms with Crippen molar-refractivity contribution in [3.63, 3.8) is 0 Å². The van der Waals surface area contributed by atoms with Crippen molar-refractivity contribution in [1.82, 2.24) is 4.90 Å². The third-order valence-electron chi connectivity index (χ3n) is 5.45. The topological polar surface area (TPSA) is 28.0 Å². The zero-order valence-electron chi connectivity index (χ0n) is 15.2. The van der Waals surface area contributed by atoms with E-state index < -0.39 is 0 Å². The Kier molecular flexibility index (Phi) is 5.97. The molecule has 0 aromatic heterocycles. The van der Waals surface area contributed by atoms with Crippen molar-refractivity contribution in [2.75, 3.05) is 44.7 Å². The molecule has 138 valence electrons. The van der Waals surface area contributed by atoms with E-state index in [0.717, 1.165) is 50.4 Å². The number of fused-ring (bicyclic) bond motifs is 2. The van der Waals surface area contributed by atoms with Gasteiger partial charge in [0.05, 0.1) is 38.1 Å². The van der Waals surface area contributed by atoms with Crippen molar-refractivity contribution in [3.8, 4) is 0 Å². The summed E-state index contributed by atoms with van der Waals surface area (Å²) in [5, 5.41) is 0. The maximum absolute atomic E-state index is 13.3. The summed E-state index contributed by atoms with van der Waals surface area (Å²) in [4.78, 5) is 19.1. The number of amides is 1. The van der Waals surface area contributed by atoms with Gasteiger partial charge in [-0.15, -0.1) is 0 Å². The van der Waals surface area contributed by atoms with E-state index >= 15 is 0 Å². The number of halogens is 1. The molecule has 0 atom stereocenters. The fraction of sp³-hybridized carbons (Fsp3) is 0.381. The fourth-order valence-corrected chi connectivity index (χ4v) is 3.90. The molecule has 2 aliphatic heterocycles. The Balaban J connectivity index is 0.00000196. The van der Waals surface area contributed by atoms with Crippen LogP contribution in [0.5, 0.6) is 0 Å². The standard InChI is InChI=1S/C21H25N3O.ClH/c1-22-12-14-23(15-13-22)16-21(25)24-19-8-4-2-6-17(19)10-11-18-7-3-5-9-20(18)24;/h2-9H,10-16H2,1H3;1H. The lowest BCUT2D eigenvalue weighted by molar-refractivity contribution is -0.884. The lowest BCUT2D eigenvalue weighted by Crippen LogP contribution is -3.12. The van der Waals surface area contributed by atoms with Crippen LogP contribution in [0.15, 0.2) is 48.5 Å². The molecule has 2 heterocycles. The van der Waals surface area contributed by atoms with Gasteiger partial charge in [0.15, 0.2) is 0 Å². The van der Waals surface area contributed by atoms with Crippen LogP contribution in [-0.2, 0) is 17.6 Å². The molecule has 0 unspecified atom stereocenters. The zero-order chi connectivity index (χ0) is 17.2. The van der Waals surface area contributed by atoms with Crippen LogP contribution in [0.1, 0.15) is 11.1 Å². The summed E-state index contributed by atoms with van der Waals surface area (Å²) in [5.74, 6) is 0.182. The summed E-state index contributed by atoms with van der Waals surface area (Å²) in [7, 11) is 2.22. The Hall–Kier alpha value is -1.88. The minimum atomic E-state index is 0. The smallest absolute Gasteiger partial charge is 0.245 e. The number of aryl methyl sites for hydroxylation is 2. The molecule has 5 heteroatoms. The number of quaternary nitrogens is 1. The zero-order valence-corrected chi connectivity index (χ0v) is 16.0. The van der Waals surface area contributed by atoms with Crippen LogP contribution in [0.2, 0.25) is 0 Å². The molecule has 1 amide bonds. The molecular formula is C21H26ClN3O. The van der Waals surface area contributed by atoms with Gasteiger partial charge in [-0.2, -0.15) is 0 Å². The summed E-state index contributed by atoms with van der Waals surface area (Å²) >= 11 is 0. The van der Waals surface area contributed by atoms with E-state index in [1.54, 1.807) is 4.90 Å². The molecule has 26 heavy (non-hydrogen) atoms. The van der Waals surface area contributed by atoms with E-state index in [1.807, 2.05) is 17.0 Å². The Morgan fingerprint density at radius 1 is 0.923 bits per heavy atom. The van der Waals surface area contributed by atoms with Gasteiger partial charge in [0.25, 0.3) is 0 Å². The molecule has 0 spiro atoms. The number of likely N-dealkylation sites (N-methyl/N-ethyl adjacent to an activating group) is 1. The molecule has 4 nitrogen and oxygen atoms in total. The predicted molar refractivity (Wildman–Crippen MR) is 100 cm³/mol. The predicted octanol–water partition coefficient (Wildman–Crippen LogP) is -1.72. The molecule has 0 bridgehead atoms. The first-order chi connectivity index (χ1) is 12.2. The summed E-state index contributed by atoms with van der Waals surface area (Å²) in [6.45, 7) is 4.71. The van der Waals surface area contributed by atoms with Crippen LogP contribution in [0, 0.1) is 0 Å². The van der Waals surface area contributed by atoms with E-state index in [9.17, 15) is 4.79 Å². The number of hydrogen-bond acceptors (Lipinski definition) is 2. The van der Waals surface area contributed by atoms with Crippen molar-refractivity contribution in [2.45, 2.75) is 12.8 Å². The molecule has 4 rings (SSSR count). The van der Waals surface area contributed by atoms with E-state index in [4.69, 9.17) is 0 Å². The number of carbonyl (C=O) groups is 1. The number of carbonyl (C=O) groups excluding carboxylic acids is 1. The summed E-state index contributed by atoms with van der Waals surface area (Å²) < 4.78 is 0. The van der Waals surface area contributed by atoms with Crippen molar-refractivity contribution < 1.29 is 22.1 Å². The first kappa shape index (κ1) is 18.9. The lowest BCUT2D eigenvalue weighted by atomic mass is 10.0. The van der Waals surface area contributed by atoms with Gasteiger partial charge in [0.1, 0.15) is 0 Å². The van der Waals surface area contributed by atoms with Crippen LogP contribution in [0.3, 0.4) is 0 Å². The number of nitrogens with one attached hydrogen (secondary N) is 1. The quantitative estimate of drug-likeness (QED) is 0.680. The number of nitrogens with zero attached hydrogens (tertiary/aromatic N) is 2. The monoisotopic (exact) mass is 371 g/mol. The Morgan fingerprint density at radius 3 is 1.96 bits per heavy atom. The largest absolute Gasteiger partial charge is 1.00 e.